The number of aromatic nitrogens is 1. The Morgan fingerprint density at radius 1 is 1.20 bits per heavy atom. The maximum atomic E-state index is 5.95. The zero-order chi connectivity index (χ0) is 12.3. The van der Waals surface area contributed by atoms with Crippen LogP contribution in [0.1, 0.15) is 31.1 Å². The van der Waals surface area contributed by atoms with Crippen LogP contribution in [0.15, 0.2) is 16.5 Å². The van der Waals surface area contributed by atoms with Crippen LogP contribution in [-0.4, -0.2) is 11.0 Å². The molecule has 0 amide bonds. The molecule has 1 aliphatic heterocycles. The molecule has 0 spiro atoms. The van der Waals surface area contributed by atoms with Crippen LogP contribution in [-0.2, 0) is 0 Å². The minimum absolute atomic E-state index is 0. The lowest BCUT2D eigenvalue weighted by molar-refractivity contribution is 0.340. The SMILES string of the molecule is Cl.Cl.Clc1cc2oc(C3N[C@@H]4CC[C@H]3C4)cc2nc1Cl. The van der Waals surface area contributed by atoms with Gasteiger partial charge in [0, 0.05) is 18.2 Å². The normalized spacial score (nSPS) is 27.4. The molecular weight excluding hydrogens is 342 g/mol. The van der Waals surface area contributed by atoms with Gasteiger partial charge in [0.05, 0.1) is 11.1 Å². The lowest BCUT2D eigenvalue weighted by atomic mass is 9.98. The summed E-state index contributed by atoms with van der Waals surface area (Å²) in [6, 6.07) is 4.71. The lowest BCUT2D eigenvalue weighted by Gasteiger charge is -2.20. The van der Waals surface area contributed by atoms with Crippen molar-refractivity contribution in [3.63, 3.8) is 0 Å². The molecule has 2 aromatic rings. The van der Waals surface area contributed by atoms with Crippen LogP contribution in [0.4, 0.5) is 0 Å². The Balaban J connectivity index is 0.000000735. The molecule has 110 valence electrons. The molecule has 0 radical (unpaired) electrons. The molecule has 1 unspecified atom stereocenters. The van der Waals surface area contributed by atoms with Gasteiger partial charge in [-0.15, -0.1) is 24.8 Å². The summed E-state index contributed by atoms with van der Waals surface area (Å²) in [6.07, 6.45) is 3.84. The van der Waals surface area contributed by atoms with Crippen LogP contribution in [0, 0.1) is 5.92 Å². The largest absolute Gasteiger partial charge is 0.458 e. The molecule has 4 rings (SSSR count). The van der Waals surface area contributed by atoms with Crippen LogP contribution in [0.2, 0.25) is 10.2 Å². The Labute approximate surface area is 139 Å². The van der Waals surface area contributed by atoms with Crippen LogP contribution >= 0.6 is 48.0 Å². The molecule has 7 heteroatoms. The van der Waals surface area contributed by atoms with Gasteiger partial charge in [-0.2, -0.15) is 0 Å². The van der Waals surface area contributed by atoms with Crippen molar-refractivity contribution in [1.82, 2.24) is 10.3 Å². The Hall–Kier alpha value is -0.190. The van der Waals surface area contributed by atoms with Crippen LogP contribution in [0.25, 0.3) is 11.1 Å². The number of rotatable bonds is 1. The number of fused-ring (bicyclic) bond motifs is 3. The van der Waals surface area contributed by atoms with E-state index in [0.717, 1.165) is 11.3 Å². The zero-order valence-corrected chi connectivity index (χ0v) is 13.6. The minimum atomic E-state index is 0. The van der Waals surface area contributed by atoms with Gasteiger partial charge < -0.3 is 9.73 Å². The van der Waals surface area contributed by atoms with E-state index in [1.807, 2.05) is 6.07 Å². The molecule has 2 aromatic heterocycles. The predicted octanol–water partition coefficient (Wildman–Crippen LogP) is 4.79. The standard InChI is InChI=1S/C13H12Cl2N2O.2ClH/c14-8-4-10-9(17-13(8)15)5-11(18-10)12-6-1-2-7(3-6)16-12;;/h4-7,12,16H,1-3H2;2*1H/t6-,7+,12?;;/m0../s1. The smallest absolute Gasteiger partial charge is 0.154 e. The monoisotopic (exact) mass is 354 g/mol. The average molecular weight is 356 g/mol. The summed E-state index contributed by atoms with van der Waals surface area (Å²) in [5.41, 5.74) is 1.49. The average Bonchev–Trinajstić information content (AvgIpc) is 3.02. The van der Waals surface area contributed by atoms with Gasteiger partial charge in [-0.25, -0.2) is 4.98 Å². The third-order valence-electron chi connectivity index (χ3n) is 4.10. The molecule has 3 heterocycles. The van der Waals surface area contributed by atoms with Crippen molar-refractivity contribution < 1.29 is 4.42 Å². The van der Waals surface area contributed by atoms with Gasteiger partial charge in [0.1, 0.15) is 16.4 Å². The van der Waals surface area contributed by atoms with E-state index in [9.17, 15) is 0 Å². The second-order valence-corrected chi connectivity index (χ2v) is 5.97. The minimum Gasteiger partial charge on any atom is -0.458 e. The van der Waals surface area contributed by atoms with E-state index in [2.05, 4.69) is 10.3 Å². The van der Waals surface area contributed by atoms with Crippen LogP contribution < -0.4 is 5.32 Å². The third kappa shape index (κ3) is 2.51. The van der Waals surface area contributed by atoms with E-state index in [4.69, 9.17) is 27.6 Å². The van der Waals surface area contributed by atoms with Crippen molar-refractivity contribution >= 4 is 59.1 Å². The summed E-state index contributed by atoms with van der Waals surface area (Å²) in [7, 11) is 0. The first kappa shape index (κ1) is 16.2. The van der Waals surface area contributed by atoms with Crippen molar-refractivity contribution in [3.8, 4) is 0 Å². The maximum Gasteiger partial charge on any atom is 0.154 e. The molecule has 3 nitrogen and oxygen atoms in total. The van der Waals surface area contributed by atoms with Gasteiger partial charge in [-0.3, -0.25) is 0 Å². The second-order valence-electron chi connectivity index (χ2n) is 5.21. The molecule has 3 atom stereocenters. The molecule has 1 N–H and O–H groups in total. The molecule has 2 fully saturated rings. The number of furan rings is 1. The van der Waals surface area contributed by atoms with Gasteiger partial charge in [-0.05, 0) is 25.2 Å². The molecule has 20 heavy (non-hydrogen) atoms. The molecule has 2 aliphatic rings. The van der Waals surface area contributed by atoms with Gasteiger partial charge in [0.15, 0.2) is 5.58 Å². The van der Waals surface area contributed by atoms with E-state index in [-0.39, 0.29) is 24.8 Å². The summed E-state index contributed by atoms with van der Waals surface area (Å²) in [6.45, 7) is 0. The van der Waals surface area contributed by atoms with Crippen molar-refractivity contribution in [2.75, 3.05) is 0 Å². The highest BCUT2D eigenvalue weighted by Crippen LogP contribution is 2.44. The summed E-state index contributed by atoms with van der Waals surface area (Å²) >= 11 is 11.9. The van der Waals surface area contributed by atoms with Crippen molar-refractivity contribution in [3.05, 3.63) is 28.1 Å². The molecule has 1 saturated heterocycles. The zero-order valence-electron chi connectivity index (χ0n) is 10.4. The van der Waals surface area contributed by atoms with E-state index < -0.39 is 0 Å². The summed E-state index contributed by atoms with van der Waals surface area (Å²) in [5.74, 6) is 1.66. The number of piperidine rings is 1. The van der Waals surface area contributed by atoms with Crippen molar-refractivity contribution in [2.45, 2.75) is 31.3 Å². The van der Waals surface area contributed by atoms with Crippen molar-refractivity contribution in [2.24, 2.45) is 5.92 Å². The van der Waals surface area contributed by atoms with E-state index in [1.54, 1.807) is 6.07 Å². The second kappa shape index (κ2) is 5.90. The summed E-state index contributed by atoms with van der Waals surface area (Å²) < 4.78 is 5.87. The van der Waals surface area contributed by atoms with Crippen molar-refractivity contribution in [1.29, 1.82) is 0 Å². The number of pyridine rings is 1. The number of nitrogens with zero attached hydrogens (tertiary/aromatic N) is 1. The first-order chi connectivity index (χ1) is 8.70. The fourth-order valence-electron chi connectivity index (χ4n) is 3.27. The van der Waals surface area contributed by atoms with Gasteiger partial charge >= 0.3 is 0 Å². The highest BCUT2D eigenvalue weighted by Gasteiger charge is 2.41. The summed E-state index contributed by atoms with van der Waals surface area (Å²) in [4.78, 5) is 4.24. The van der Waals surface area contributed by atoms with Crippen LogP contribution in [0.3, 0.4) is 0 Å². The number of nitrogens with one attached hydrogen (secondary N) is 1. The quantitative estimate of drug-likeness (QED) is 0.747. The molecule has 2 bridgehead atoms. The summed E-state index contributed by atoms with van der Waals surface area (Å²) in [5, 5.41) is 4.38. The highest BCUT2D eigenvalue weighted by atomic mass is 35.5. The Kier molecular flexibility index (Phi) is 4.77. The molecule has 1 saturated carbocycles. The molecule has 1 aliphatic carbocycles. The predicted molar refractivity (Wildman–Crippen MR) is 85.5 cm³/mol. The number of halogens is 4. The van der Waals surface area contributed by atoms with Gasteiger partial charge in [0.2, 0.25) is 0 Å². The third-order valence-corrected chi connectivity index (χ3v) is 4.77. The molecule has 0 aromatic carbocycles. The lowest BCUT2D eigenvalue weighted by Crippen LogP contribution is -2.28. The Bertz CT molecular complexity index is 591. The number of hydrogen-bond donors (Lipinski definition) is 1. The maximum absolute atomic E-state index is 5.95. The Morgan fingerprint density at radius 3 is 2.65 bits per heavy atom. The topological polar surface area (TPSA) is 38.1 Å². The fourth-order valence-corrected chi connectivity index (χ4v) is 3.55. The Morgan fingerprint density at radius 2 is 2.00 bits per heavy atom. The van der Waals surface area contributed by atoms with Crippen LogP contribution in [0.5, 0.6) is 0 Å². The first-order valence-electron chi connectivity index (χ1n) is 6.22. The number of hydrogen-bond acceptors (Lipinski definition) is 3. The van der Waals surface area contributed by atoms with Gasteiger partial charge in [-0.1, -0.05) is 23.2 Å². The highest BCUT2D eigenvalue weighted by molar-refractivity contribution is 6.41. The fraction of sp³-hybridized carbons (Fsp3) is 0.462. The molecular formula is C13H14Cl4N2O. The van der Waals surface area contributed by atoms with E-state index in [1.165, 1.54) is 19.3 Å². The first-order valence-corrected chi connectivity index (χ1v) is 6.98. The van der Waals surface area contributed by atoms with E-state index in [0.29, 0.717) is 33.8 Å². The van der Waals surface area contributed by atoms with Gasteiger partial charge in [0.25, 0.3) is 0 Å². The van der Waals surface area contributed by atoms with E-state index >= 15 is 0 Å².